The van der Waals surface area contributed by atoms with E-state index in [-0.39, 0.29) is 40.8 Å². The molecule has 6 nitrogen and oxygen atoms in total. The number of carbonyl (C=O) groups excluding carboxylic acids is 1. The molecule has 0 bridgehead atoms. The Bertz CT molecular complexity index is 1190. The van der Waals surface area contributed by atoms with Gasteiger partial charge in [0.1, 0.15) is 11.6 Å². The van der Waals surface area contributed by atoms with Gasteiger partial charge in [-0.3, -0.25) is 4.79 Å². The standard InChI is InChI=1S/C26H37F2N3O3S/c1-5-20(32)14-19-10-13-30(16-19)35(33,34)21-6-7-23-22(15-21)29-24(25(2,3)4)31(23)17-18-8-11-26(27,28)12-9-18/h6-7,15,18-19H,5,8-14,16-17H2,1-4H3/t19-/m1/s1. The molecule has 4 rings (SSSR count). The number of nitrogens with zero attached hydrogens (tertiary/aromatic N) is 3. The molecule has 1 atom stereocenters. The van der Waals surface area contributed by atoms with E-state index in [2.05, 4.69) is 25.3 Å². The lowest BCUT2D eigenvalue weighted by Crippen LogP contribution is -2.29. The lowest BCUT2D eigenvalue weighted by Gasteiger charge is -2.30. The molecule has 0 radical (unpaired) electrons. The first-order valence-corrected chi connectivity index (χ1v) is 14.1. The Kier molecular flexibility index (Phi) is 7.14. The van der Waals surface area contributed by atoms with E-state index in [1.54, 1.807) is 18.2 Å². The van der Waals surface area contributed by atoms with Crippen molar-refractivity contribution in [1.82, 2.24) is 13.9 Å². The van der Waals surface area contributed by atoms with Crippen LogP contribution in [0.15, 0.2) is 23.1 Å². The van der Waals surface area contributed by atoms with Gasteiger partial charge in [0.2, 0.25) is 15.9 Å². The molecular weight excluding hydrogens is 472 g/mol. The molecule has 2 aliphatic rings. The number of halogens is 2. The SMILES string of the molecule is CCC(=O)C[C@H]1CCN(S(=O)(=O)c2ccc3c(c2)nc(C(C)(C)C)n3CC2CCC(F)(F)CC2)C1. The molecule has 2 heterocycles. The fourth-order valence-corrected chi connectivity index (χ4v) is 6.92. The fourth-order valence-electron chi connectivity index (χ4n) is 5.37. The van der Waals surface area contributed by atoms with E-state index in [1.165, 1.54) is 4.31 Å². The zero-order valence-electron chi connectivity index (χ0n) is 21.2. The van der Waals surface area contributed by atoms with E-state index in [1.807, 2.05) is 6.92 Å². The number of hydrogen-bond acceptors (Lipinski definition) is 4. The highest BCUT2D eigenvalue weighted by Crippen LogP contribution is 2.38. The predicted molar refractivity (Wildman–Crippen MR) is 132 cm³/mol. The van der Waals surface area contributed by atoms with Gasteiger partial charge in [-0.25, -0.2) is 22.2 Å². The molecule has 1 aliphatic carbocycles. The first-order chi connectivity index (χ1) is 16.3. The lowest BCUT2D eigenvalue weighted by molar-refractivity contribution is -0.119. The van der Waals surface area contributed by atoms with Crippen molar-refractivity contribution in [3.05, 3.63) is 24.0 Å². The predicted octanol–water partition coefficient (Wildman–Crippen LogP) is 5.54. The summed E-state index contributed by atoms with van der Waals surface area (Å²) in [6.45, 7) is 9.37. The summed E-state index contributed by atoms with van der Waals surface area (Å²) in [6.07, 6.45) is 2.36. The van der Waals surface area contributed by atoms with Crippen LogP contribution in [-0.4, -0.2) is 47.1 Å². The van der Waals surface area contributed by atoms with Gasteiger partial charge >= 0.3 is 0 Å². The van der Waals surface area contributed by atoms with Crippen molar-refractivity contribution in [2.45, 2.75) is 95.4 Å². The zero-order valence-corrected chi connectivity index (χ0v) is 22.0. The number of fused-ring (bicyclic) bond motifs is 1. The van der Waals surface area contributed by atoms with E-state index >= 15 is 0 Å². The number of rotatable bonds is 7. The van der Waals surface area contributed by atoms with Gasteiger partial charge in [0.25, 0.3) is 0 Å². The molecule has 1 aromatic heterocycles. The first kappa shape index (κ1) is 26.2. The van der Waals surface area contributed by atoms with E-state index in [9.17, 15) is 22.0 Å². The Morgan fingerprint density at radius 3 is 2.46 bits per heavy atom. The molecule has 194 valence electrons. The lowest BCUT2D eigenvalue weighted by atomic mass is 9.86. The molecular formula is C26H37F2N3O3S. The fraction of sp³-hybridized carbons (Fsp3) is 0.692. The van der Waals surface area contributed by atoms with Crippen LogP contribution in [0.2, 0.25) is 0 Å². The molecule has 9 heteroatoms. The highest BCUT2D eigenvalue weighted by molar-refractivity contribution is 7.89. The summed E-state index contributed by atoms with van der Waals surface area (Å²) >= 11 is 0. The Labute approximate surface area is 207 Å². The maximum Gasteiger partial charge on any atom is 0.248 e. The van der Waals surface area contributed by atoms with Gasteiger partial charge in [-0.15, -0.1) is 0 Å². The summed E-state index contributed by atoms with van der Waals surface area (Å²) in [5.41, 5.74) is 1.15. The number of aromatic nitrogens is 2. The molecule has 0 amide bonds. The minimum Gasteiger partial charge on any atom is -0.327 e. The quantitative estimate of drug-likeness (QED) is 0.491. The van der Waals surface area contributed by atoms with E-state index in [0.717, 1.165) is 11.3 Å². The van der Waals surface area contributed by atoms with Crippen LogP contribution in [-0.2, 0) is 26.8 Å². The second-order valence-electron chi connectivity index (χ2n) is 11.4. The number of Topliss-reactive ketones (excluding diaryl/α,β-unsaturated/α-hetero) is 1. The van der Waals surface area contributed by atoms with Crippen molar-refractivity contribution < 1.29 is 22.0 Å². The van der Waals surface area contributed by atoms with Crippen molar-refractivity contribution in [2.24, 2.45) is 11.8 Å². The third kappa shape index (κ3) is 5.61. The van der Waals surface area contributed by atoms with Crippen LogP contribution in [0.1, 0.15) is 78.5 Å². The van der Waals surface area contributed by atoms with Gasteiger partial charge in [0.05, 0.1) is 15.9 Å². The molecule has 2 aromatic rings. The van der Waals surface area contributed by atoms with E-state index < -0.39 is 15.9 Å². The highest BCUT2D eigenvalue weighted by Gasteiger charge is 2.36. The summed E-state index contributed by atoms with van der Waals surface area (Å²) in [6, 6.07) is 5.06. The molecule has 2 fully saturated rings. The average molecular weight is 510 g/mol. The third-order valence-corrected chi connectivity index (χ3v) is 9.33. The monoisotopic (exact) mass is 509 g/mol. The second kappa shape index (κ2) is 9.54. The smallest absolute Gasteiger partial charge is 0.248 e. The highest BCUT2D eigenvalue weighted by atomic mass is 32.2. The molecule has 0 unspecified atom stereocenters. The minimum absolute atomic E-state index is 0.0653. The second-order valence-corrected chi connectivity index (χ2v) is 13.3. The number of ketones is 1. The van der Waals surface area contributed by atoms with Crippen LogP contribution < -0.4 is 0 Å². The summed E-state index contributed by atoms with van der Waals surface area (Å²) < 4.78 is 57.7. The largest absolute Gasteiger partial charge is 0.327 e. The van der Waals surface area contributed by atoms with Crippen molar-refractivity contribution in [2.75, 3.05) is 13.1 Å². The van der Waals surface area contributed by atoms with Gasteiger partial charge in [-0.05, 0) is 49.3 Å². The Hall–Kier alpha value is -1.87. The molecule has 1 saturated carbocycles. The molecule has 0 N–H and O–H groups in total. The number of hydrogen-bond donors (Lipinski definition) is 0. The summed E-state index contributed by atoms with van der Waals surface area (Å²) in [5.74, 6) is -1.36. The first-order valence-electron chi connectivity index (χ1n) is 12.7. The van der Waals surface area contributed by atoms with Gasteiger partial charge in [-0.2, -0.15) is 4.31 Å². The Morgan fingerprint density at radius 2 is 1.83 bits per heavy atom. The van der Waals surface area contributed by atoms with E-state index in [4.69, 9.17) is 4.98 Å². The van der Waals surface area contributed by atoms with Crippen molar-refractivity contribution in [3.63, 3.8) is 0 Å². The van der Waals surface area contributed by atoms with Crippen LogP contribution in [0, 0.1) is 11.8 Å². The summed E-state index contributed by atoms with van der Waals surface area (Å²) in [7, 11) is -3.70. The molecule has 1 aliphatic heterocycles. The summed E-state index contributed by atoms with van der Waals surface area (Å²) in [5, 5.41) is 0. The Morgan fingerprint density at radius 1 is 1.14 bits per heavy atom. The maximum atomic E-state index is 13.7. The van der Waals surface area contributed by atoms with Crippen LogP contribution >= 0.6 is 0 Å². The van der Waals surface area contributed by atoms with Crippen LogP contribution in [0.5, 0.6) is 0 Å². The summed E-state index contributed by atoms with van der Waals surface area (Å²) in [4.78, 5) is 16.8. The van der Waals surface area contributed by atoms with Gasteiger partial charge < -0.3 is 4.57 Å². The van der Waals surface area contributed by atoms with Crippen molar-refractivity contribution >= 4 is 26.8 Å². The van der Waals surface area contributed by atoms with Crippen LogP contribution in [0.25, 0.3) is 11.0 Å². The van der Waals surface area contributed by atoms with Crippen molar-refractivity contribution in [1.29, 1.82) is 0 Å². The van der Waals surface area contributed by atoms with Gasteiger partial charge in [-0.1, -0.05) is 27.7 Å². The van der Waals surface area contributed by atoms with Crippen LogP contribution in [0.4, 0.5) is 8.78 Å². The minimum atomic E-state index is -3.70. The number of alkyl halides is 2. The van der Waals surface area contributed by atoms with E-state index in [0.29, 0.717) is 57.3 Å². The molecule has 0 spiro atoms. The van der Waals surface area contributed by atoms with Gasteiger partial charge in [0, 0.05) is 50.7 Å². The molecule has 35 heavy (non-hydrogen) atoms. The van der Waals surface area contributed by atoms with Crippen molar-refractivity contribution in [3.8, 4) is 0 Å². The molecule has 1 saturated heterocycles. The number of imidazole rings is 1. The normalized spacial score (nSPS) is 22.2. The average Bonchev–Trinajstić information content (AvgIpc) is 3.40. The molecule has 1 aromatic carbocycles. The van der Waals surface area contributed by atoms with Gasteiger partial charge in [0.15, 0.2) is 0 Å². The zero-order chi connectivity index (χ0) is 25.6. The Balaban J connectivity index is 1.61. The number of benzene rings is 1. The maximum absolute atomic E-state index is 13.7. The van der Waals surface area contributed by atoms with Crippen LogP contribution in [0.3, 0.4) is 0 Å². The third-order valence-electron chi connectivity index (χ3n) is 7.47. The number of sulfonamides is 1. The number of carbonyl (C=O) groups is 1. The topological polar surface area (TPSA) is 72.3 Å².